The van der Waals surface area contributed by atoms with Gasteiger partial charge in [0.2, 0.25) is 0 Å². The highest BCUT2D eigenvalue weighted by Crippen LogP contribution is 2.29. The van der Waals surface area contributed by atoms with Crippen molar-refractivity contribution in [1.82, 2.24) is 4.90 Å². The van der Waals surface area contributed by atoms with Crippen molar-refractivity contribution in [3.8, 4) is 5.75 Å². The number of aliphatic carboxylic acids is 2. The number of fused-ring (bicyclic) bond motifs is 1. The number of piperazine rings is 1. The van der Waals surface area contributed by atoms with E-state index in [9.17, 15) is 0 Å². The highest BCUT2D eigenvalue weighted by Gasteiger charge is 2.19. The van der Waals surface area contributed by atoms with Crippen molar-refractivity contribution >= 4 is 29.2 Å². The first kappa shape index (κ1) is 21.9. The normalized spacial score (nSPS) is 16.0. The zero-order valence-electron chi connectivity index (χ0n) is 16.6. The van der Waals surface area contributed by atoms with Crippen molar-refractivity contribution in [3.63, 3.8) is 0 Å². The molecule has 0 atom stereocenters. The molecule has 2 aromatic rings. The molecule has 2 aromatic carbocycles. The highest BCUT2D eigenvalue weighted by molar-refractivity contribution is 6.30. The molecule has 0 bridgehead atoms. The first-order valence-electron chi connectivity index (χ1n) is 9.86. The van der Waals surface area contributed by atoms with E-state index >= 15 is 0 Å². The summed E-state index contributed by atoms with van der Waals surface area (Å²) < 4.78 is 5.72. The van der Waals surface area contributed by atoms with E-state index in [0.29, 0.717) is 0 Å². The Bertz CT molecular complexity index is 868. The molecule has 0 radical (unpaired) electrons. The number of benzene rings is 2. The number of ether oxygens (including phenoxy) is 1. The second kappa shape index (κ2) is 10.3. The summed E-state index contributed by atoms with van der Waals surface area (Å²) in [6.45, 7) is 6.20. The Hall–Kier alpha value is -2.77. The number of carbonyl (C=O) groups is 2. The summed E-state index contributed by atoms with van der Waals surface area (Å²) in [5, 5.41) is 15.6. The van der Waals surface area contributed by atoms with Crippen LogP contribution in [0.1, 0.15) is 17.5 Å². The summed E-state index contributed by atoms with van der Waals surface area (Å²) >= 11 is 5.96. The van der Waals surface area contributed by atoms with Crippen LogP contribution in [0.2, 0.25) is 5.02 Å². The average molecular weight is 433 g/mol. The molecule has 7 nitrogen and oxygen atoms in total. The van der Waals surface area contributed by atoms with Gasteiger partial charge in [0, 0.05) is 43.4 Å². The summed E-state index contributed by atoms with van der Waals surface area (Å²) in [5.41, 5.74) is 4.03. The summed E-state index contributed by atoms with van der Waals surface area (Å²) in [5.74, 6) is -2.57. The van der Waals surface area contributed by atoms with Gasteiger partial charge in [0.15, 0.2) is 0 Å². The maximum Gasteiger partial charge on any atom is 0.414 e. The third-order valence-corrected chi connectivity index (χ3v) is 5.38. The molecule has 0 aliphatic carbocycles. The summed E-state index contributed by atoms with van der Waals surface area (Å²) in [6.07, 6.45) is 2.27. The van der Waals surface area contributed by atoms with Crippen LogP contribution in [0.5, 0.6) is 5.75 Å². The number of nitrogens with zero attached hydrogens (tertiary/aromatic N) is 2. The van der Waals surface area contributed by atoms with Gasteiger partial charge < -0.3 is 19.8 Å². The Morgan fingerprint density at radius 2 is 1.63 bits per heavy atom. The van der Waals surface area contributed by atoms with E-state index in [-0.39, 0.29) is 0 Å². The standard InChI is InChI=1S/C20H23ClN2O.C2H2O4/c21-18-5-3-16(4-6-18)15-22-9-11-23(12-10-22)19-7-8-20-17(14-19)2-1-13-24-20;3-1(4)2(5)6/h3-8,14H,1-2,9-13,15H2;(H,3,4)(H,5,6). The van der Waals surface area contributed by atoms with Crippen LogP contribution in [-0.2, 0) is 22.6 Å². The van der Waals surface area contributed by atoms with Crippen LogP contribution in [0, 0.1) is 0 Å². The minimum atomic E-state index is -1.82. The molecule has 30 heavy (non-hydrogen) atoms. The van der Waals surface area contributed by atoms with E-state index in [1.54, 1.807) is 0 Å². The largest absolute Gasteiger partial charge is 0.493 e. The number of hydrogen-bond acceptors (Lipinski definition) is 5. The second-order valence-electron chi connectivity index (χ2n) is 7.24. The molecule has 0 saturated carbocycles. The number of carboxylic acids is 2. The molecule has 2 aliphatic heterocycles. The van der Waals surface area contributed by atoms with Gasteiger partial charge in [-0.2, -0.15) is 0 Å². The number of anilines is 1. The monoisotopic (exact) mass is 432 g/mol. The molecule has 1 fully saturated rings. The van der Waals surface area contributed by atoms with E-state index in [1.807, 2.05) is 12.1 Å². The smallest absolute Gasteiger partial charge is 0.414 e. The number of hydrogen-bond donors (Lipinski definition) is 2. The van der Waals surface area contributed by atoms with Gasteiger partial charge in [0.05, 0.1) is 6.61 Å². The number of halogens is 1. The lowest BCUT2D eigenvalue weighted by atomic mass is 10.0. The van der Waals surface area contributed by atoms with Crippen LogP contribution in [0.4, 0.5) is 5.69 Å². The van der Waals surface area contributed by atoms with Crippen molar-refractivity contribution < 1.29 is 24.5 Å². The van der Waals surface area contributed by atoms with Crippen LogP contribution in [0.3, 0.4) is 0 Å². The zero-order chi connectivity index (χ0) is 21.5. The first-order chi connectivity index (χ1) is 14.4. The first-order valence-corrected chi connectivity index (χ1v) is 10.2. The van der Waals surface area contributed by atoms with Gasteiger partial charge in [-0.05, 0) is 54.3 Å². The highest BCUT2D eigenvalue weighted by atomic mass is 35.5. The molecular weight excluding hydrogens is 408 g/mol. The Morgan fingerprint density at radius 1 is 0.967 bits per heavy atom. The molecule has 0 amide bonds. The Kier molecular flexibility index (Phi) is 7.54. The third kappa shape index (κ3) is 6.11. The van der Waals surface area contributed by atoms with Gasteiger partial charge in [0.25, 0.3) is 0 Å². The van der Waals surface area contributed by atoms with E-state index in [2.05, 4.69) is 40.1 Å². The molecule has 2 heterocycles. The fraction of sp³-hybridized carbons (Fsp3) is 0.364. The van der Waals surface area contributed by atoms with Crippen molar-refractivity contribution in [3.05, 3.63) is 58.6 Å². The molecular formula is C22H25ClN2O5. The van der Waals surface area contributed by atoms with E-state index in [0.717, 1.165) is 62.9 Å². The summed E-state index contributed by atoms with van der Waals surface area (Å²) in [4.78, 5) is 23.2. The van der Waals surface area contributed by atoms with Gasteiger partial charge in [-0.3, -0.25) is 4.90 Å². The molecule has 0 spiro atoms. The Balaban J connectivity index is 0.000000377. The Labute approximate surface area is 180 Å². The lowest BCUT2D eigenvalue weighted by molar-refractivity contribution is -0.159. The minimum absolute atomic E-state index is 0.806. The zero-order valence-corrected chi connectivity index (χ0v) is 17.3. The molecule has 0 aromatic heterocycles. The van der Waals surface area contributed by atoms with E-state index in [1.165, 1.54) is 16.8 Å². The van der Waals surface area contributed by atoms with Crippen LogP contribution in [0.15, 0.2) is 42.5 Å². The molecule has 160 valence electrons. The number of aryl methyl sites for hydroxylation is 1. The topological polar surface area (TPSA) is 90.3 Å². The fourth-order valence-electron chi connectivity index (χ4n) is 3.56. The third-order valence-electron chi connectivity index (χ3n) is 5.13. The van der Waals surface area contributed by atoms with Gasteiger partial charge in [-0.15, -0.1) is 0 Å². The molecule has 2 N–H and O–H groups in total. The van der Waals surface area contributed by atoms with Gasteiger partial charge in [0.1, 0.15) is 5.75 Å². The quantitative estimate of drug-likeness (QED) is 0.720. The summed E-state index contributed by atoms with van der Waals surface area (Å²) in [6, 6.07) is 14.9. The van der Waals surface area contributed by atoms with Gasteiger partial charge in [-0.1, -0.05) is 23.7 Å². The van der Waals surface area contributed by atoms with Crippen LogP contribution < -0.4 is 9.64 Å². The second-order valence-corrected chi connectivity index (χ2v) is 7.68. The number of rotatable bonds is 3. The molecule has 2 aliphatic rings. The lowest BCUT2D eigenvalue weighted by Crippen LogP contribution is -2.46. The SMILES string of the molecule is Clc1ccc(CN2CCN(c3ccc4c(c3)CCCO4)CC2)cc1.O=C(O)C(=O)O. The van der Waals surface area contributed by atoms with E-state index in [4.69, 9.17) is 36.1 Å². The van der Waals surface area contributed by atoms with Crippen molar-refractivity contribution in [2.45, 2.75) is 19.4 Å². The molecule has 0 unspecified atom stereocenters. The van der Waals surface area contributed by atoms with Crippen molar-refractivity contribution in [1.29, 1.82) is 0 Å². The predicted octanol–water partition coefficient (Wildman–Crippen LogP) is 3.14. The maximum atomic E-state index is 9.10. The maximum absolute atomic E-state index is 9.10. The Morgan fingerprint density at radius 3 is 2.27 bits per heavy atom. The van der Waals surface area contributed by atoms with E-state index < -0.39 is 11.9 Å². The van der Waals surface area contributed by atoms with Crippen LogP contribution in [-0.4, -0.2) is 59.8 Å². The predicted molar refractivity (Wildman–Crippen MR) is 114 cm³/mol. The number of carboxylic acid groups (broad SMARTS) is 2. The van der Waals surface area contributed by atoms with Crippen LogP contribution in [0.25, 0.3) is 0 Å². The van der Waals surface area contributed by atoms with Crippen molar-refractivity contribution in [2.75, 3.05) is 37.7 Å². The van der Waals surface area contributed by atoms with Gasteiger partial charge in [-0.25, -0.2) is 9.59 Å². The van der Waals surface area contributed by atoms with Crippen LogP contribution >= 0.6 is 11.6 Å². The van der Waals surface area contributed by atoms with Crippen molar-refractivity contribution in [2.24, 2.45) is 0 Å². The fourth-order valence-corrected chi connectivity index (χ4v) is 3.68. The summed E-state index contributed by atoms with van der Waals surface area (Å²) in [7, 11) is 0. The average Bonchev–Trinajstić information content (AvgIpc) is 2.76. The molecule has 4 rings (SSSR count). The molecule has 8 heteroatoms. The minimum Gasteiger partial charge on any atom is -0.493 e. The van der Waals surface area contributed by atoms with Gasteiger partial charge >= 0.3 is 11.9 Å². The lowest BCUT2D eigenvalue weighted by Gasteiger charge is -2.36. The molecule has 1 saturated heterocycles.